The van der Waals surface area contributed by atoms with Gasteiger partial charge in [0, 0.05) is 24.6 Å². The molecule has 6 heteroatoms. The molecule has 5 nitrogen and oxygen atoms in total. The van der Waals surface area contributed by atoms with Gasteiger partial charge in [-0.2, -0.15) is 0 Å². The van der Waals surface area contributed by atoms with Gasteiger partial charge in [-0.25, -0.2) is 4.39 Å². The van der Waals surface area contributed by atoms with Crippen LogP contribution in [0.15, 0.2) is 78.9 Å². The molecule has 1 N–H and O–H groups in total. The molecule has 1 unspecified atom stereocenters. The van der Waals surface area contributed by atoms with Crippen LogP contribution in [-0.4, -0.2) is 23.8 Å². The lowest BCUT2D eigenvalue weighted by Crippen LogP contribution is -2.44. The van der Waals surface area contributed by atoms with Gasteiger partial charge in [-0.3, -0.25) is 9.59 Å². The summed E-state index contributed by atoms with van der Waals surface area (Å²) < 4.78 is 18.8. The molecule has 3 rings (SSSR count). The minimum absolute atomic E-state index is 0.166. The highest BCUT2D eigenvalue weighted by atomic mass is 19.1. The topological polar surface area (TPSA) is 58.6 Å². The maximum absolute atomic E-state index is 13.5. The average molecular weight is 449 g/mol. The Morgan fingerprint density at radius 3 is 2.21 bits per heavy atom. The smallest absolute Gasteiger partial charge is 0.247 e. The van der Waals surface area contributed by atoms with E-state index in [1.54, 1.807) is 38.0 Å². The van der Waals surface area contributed by atoms with Crippen LogP contribution in [0.1, 0.15) is 36.6 Å². The quantitative estimate of drug-likeness (QED) is 0.508. The zero-order valence-corrected chi connectivity index (χ0v) is 19.1. The van der Waals surface area contributed by atoms with E-state index in [1.807, 2.05) is 54.6 Å². The molecule has 0 radical (unpaired) electrons. The number of carbonyl (C=O) groups excluding carboxylic acids is 2. The minimum Gasteiger partial charge on any atom is -0.496 e. The summed E-state index contributed by atoms with van der Waals surface area (Å²) in [6.07, 6.45) is 0. The summed E-state index contributed by atoms with van der Waals surface area (Å²) in [6, 6.07) is 21.8. The van der Waals surface area contributed by atoms with Crippen molar-refractivity contribution in [2.24, 2.45) is 5.92 Å². The zero-order valence-electron chi connectivity index (χ0n) is 19.1. The maximum atomic E-state index is 13.5. The number of nitrogens with zero attached hydrogens (tertiary/aromatic N) is 1. The van der Waals surface area contributed by atoms with Gasteiger partial charge in [0.05, 0.1) is 7.11 Å². The number of hydrogen-bond acceptors (Lipinski definition) is 3. The first-order valence-electron chi connectivity index (χ1n) is 10.9. The number of halogens is 1. The largest absolute Gasteiger partial charge is 0.496 e. The second-order valence-corrected chi connectivity index (χ2v) is 8.09. The summed E-state index contributed by atoms with van der Waals surface area (Å²) in [6.45, 7) is 4.04. The summed E-state index contributed by atoms with van der Waals surface area (Å²) in [5, 5.41) is 2.97. The van der Waals surface area contributed by atoms with E-state index in [0.29, 0.717) is 11.3 Å². The Kier molecular flexibility index (Phi) is 8.19. The van der Waals surface area contributed by atoms with E-state index >= 15 is 0 Å². The summed E-state index contributed by atoms with van der Waals surface area (Å²) in [4.78, 5) is 28.3. The van der Waals surface area contributed by atoms with Crippen LogP contribution in [0.25, 0.3) is 0 Å². The Bertz CT molecular complexity index is 1070. The van der Waals surface area contributed by atoms with E-state index in [4.69, 9.17) is 4.74 Å². The Labute approximate surface area is 194 Å². The fraction of sp³-hybridized carbons (Fsp3) is 0.259. The molecule has 0 aliphatic heterocycles. The summed E-state index contributed by atoms with van der Waals surface area (Å²) in [5.41, 5.74) is 2.27. The van der Waals surface area contributed by atoms with Gasteiger partial charge in [0.2, 0.25) is 11.8 Å². The number of carbonyl (C=O) groups is 2. The molecule has 0 aliphatic carbocycles. The number of methoxy groups -OCH3 is 1. The fourth-order valence-electron chi connectivity index (χ4n) is 3.65. The first kappa shape index (κ1) is 24.0. The van der Waals surface area contributed by atoms with E-state index in [1.165, 1.54) is 12.1 Å². The Morgan fingerprint density at radius 1 is 0.939 bits per heavy atom. The molecule has 2 amide bonds. The third-order valence-electron chi connectivity index (χ3n) is 5.36. The second-order valence-electron chi connectivity index (χ2n) is 8.09. The number of rotatable bonds is 9. The minimum atomic E-state index is -0.846. The predicted molar refractivity (Wildman–Crippen MR) is 126 cm³/mol. The highest BCUT2D eigenvalue weighted by Gasteiger charge is 2.32. The van der Waals surface area contributed by atoms with E-state index in [2.05, 4.69) is 5.32 Å². The SMILES string of the molecule is COc1ccccc1CNC(=O)C(c1ccccc1)N(Cc1ccc(F)cc1)C(=O)C(C)C. The second kappa shape index (κ2) is 11.3. The van der Waals surface area contributed by atoms with E-state index in [9.17, 15) is 14.0 Å². The Morgan fingerprint density at radius 2 is 1.58 bits per heavy atom. The molecule has 3 aromatic rings. The number of nitrogens with one attached hydrogen (secondary N) is 1. The molecule has 33 heavy (non-hydrogen) atoms. The zero-order chi connectivity index (χ0) is 23.8. The molecule has 0 aliphatic rings. The molecule has 0 heterocycles. The van der Waals surface area contributed by atoms with Crippen LogP contribution in [0.3, 0.4) is 0 Å². The van der Waals surface area contributed by atoms with Crippen molar-refractivity contribution in [3.63, 3.8) is 0 Å². The van der Waals surface area contributed by atoms with E-state index < -0.39 is 6.04 Å². The Balaban J connectivity index is 1.94. The maximum Gasteiger partial charge on any atom is 0.247 e. The highest BCUT2D eigenvalue weighted by molar-refractivity contribution is 5.89. The van der Waals surface area contributed by atoms with Crippen LogP contribution in [0.5, 0.6) is 5.75 Å². The van der Waals surface area contributed by atoms with Crippen molar-refractivity contribution in [3.05, 3.63) is 101 Å². The van der Waals surface area contributed by atoms with Gasteiger partial charge in [0.15, 0.2) is 0 Å². The first-order valence-corrected chi connectivity index (χ1v) is 10.9. The van der Waals surface area contributed by atoms with Crippen molar-refractivity contribution in [2.45, 2.75) is 33.0 Å². The van der Waals surface area contributed by atoms with Crippen molar-refractivity contribution in [3.8, 4) is 5.75 Å². The lowest BCUT2D eigenvalue weighted by Gasteiger charge is -2.33. The van der Waals surface area contributed by atoms with Crippen molar-refractivity contribution in [1.29, 1.82) is 0 Å². The Hall–Kier alpha value is -3.67. The third-order valence-corrected chi connectivity index (χ3v) is 5.36. The van der Waals surface area contributed by atoms with E-state index in [0.717, 1.165) is 11.1 Å². The number of para-hydroxylation sites is 1. The monoisotopic (exact) mass is 448 g/mol. The lowest BCUT2D eigenvalue weighted by atomic mass is 10.0. The van der Waals surface area contributed by atoms with Gasteiger partial charge in [-0.15, -0.1) is 0 Å². The van der Waals surface area contributed by atoms with Crippen molar-refractivity contribution < 1.29 is 18.7 Å². The summed E-state index contributed by atoms with van der Waals surface area (Å²) in [7, 11) is 1.58. The molecule has 0 spiro atoms. The molecule has 3 aromatic carbocycles. The van der Waals surface area contributed by atoms with Crippen LogP contribution >= 0.6 is 0 Å². The van der Waals surface area contributed by atoms with Gasteiger partial charge in [0.25, 0.3) is 0 Å². The lowest BCUT2D eigenvalue weighted by molar-refractivity contribution is -0.144. The van der Waals surface area contributed by atoms with Crippen LogP contribution in [0.4, 0.5) is 4.39 Å². The molecular weight excluding hydrogens is 419 g/mol. The van der Waals surface area contributed by atoms with Gasteiger partial charge < -0.3 is 15.0 Å². The molecule has 0 saturated heterocycles. The van der Waals surface area contributed by atoms with Gasteiger partial charge in [-0.05, 0) is 29.3 Å². The van der Waals surface area contributed by atoms with Crippen molar-refractivity contribution in [1.82, 2.24) is 10.2 Å². The van der Waals surface area contributed by atoms with Crippen molar-refractivity contribution >= 4 is 11.8 Å². The number of amides is 2. The fourth-order valence-corrected chi connectivity index (χ4v) is 3.65. The van der Waals surface area contributed by atoms with Crippen LogP contribution in [0.2, 0.25) is 0 Å². The predicted octanol–water partition coefficient (Wildman–Crippen LogP) is 4.88. The molecule has 0 saturated carbocycles. The molecular formula is C27H29FN2O3. The van der Waals surface area contributed by atoms with Crippen molar-refractivity contribution in [2.75, 3.05) is 7.11 Å². The van der Waals surface area contributed by atoms with Gasteiger partial charge >= 0.3 is 0 Å². The van der Waals surface area contributed by atoms with Gasteiger partial charge in [0.1, 0.15) is 17.6 Å². The molecule has 0 fully saturated rings. The van der Waals surface area contributed by atoms with Gasteiger partial charge in [-0.1, -0.05) is 74.5 Å². The van der Waals surface area contributed by atoms with Crippen LogP contribution in [-0.2, 0) is 22.7 Å². The summed E-state index contributed by atoms with van der Waals surface area (Å²) >= 11 is 0. The number of benzene rings is 3. The third kappa shape index (κ3) is 6.19. The molecule has 172 valence electrons. The van der Waals surface area contributed by atoms with Crippen LogP contribution < -0.4 is 10.1 Å². The first-order chi connectivity index (χ1) is 15.9. The molecule has 0 bridgehead atoms. The highest BCUT2D eigenvalue weighted by Crippen LogP contribution is 2.26. The molecule has 1 atom stereocenters. The number of ether oxygens (including phenoxy) is 1. The van der Waals surface area contributed by atoms with E-state index in [-0.39, 0.29) is 36.6 Å². The molecule has 0 aromatic heterocycles. The average Bonchev–Trinajstić information content (AvgIpc) is 2.83. The number of hydrogen-bond donors (Lipinski definition) is 1. The summed E-state index contributed by atoms with van der Waals surface area (Å²) in [5.74, 6) is -0.465. The normalized spacial score (nSPS) is 11.7. The van der Waals surface area contributed by atoms with Crippen LogP contribution in [0, 0.1) is 11.7 Å². The standard InChI is InChI=1S/C27H29FN2O3/c1-19(2)27(32)30(18-20-13-15-23(28)16-14-20)25(21-9-5-4-6-10-21)26(31)29-17-22-11-7-8-12-24(22)33-3/h4-16,19,25H,17-18H2,1-3H3,(H,29,31).